The van der Waals surface area contributed by atoms with Crippen LogP contribution >= 0.6 is 0 Å². The van der Waals surface area contributed by atoms with E-state index in [9.17, 15) is 0 Å². The van der Waals surface area contributed by atoms with Crippen LogP contribution in [0.15, 0.2) is 18.3 Å². The monoisotopic (exact) mass is 245 g/mol. The summed E-state index contributed by atoms with van der Waals surface area (Å²) in [5.41, 5.74) is 7.20. The first kappa shape index (κ1) is 11.5. The highest BCUT2D eigenvalue weighted by Gasteiger charge is 2.31. The lowest BCUT2D eigenvalue weighted by molar-refractivity contribution is 0.248. The summed E-state index contributed by atoms with van der Waals surface area (Å²) in [4.78, 5) is 9.08. The third kappa shape index (κ3) is 2.18. The quantitative estimate of drug-likeness (QED) is 0.606. The number of hydrogen-bond acceptors (Lipinski definition) is 4. The molecule has 1 aliphatic heterocycles. The van der Waals surface area contributed by atoms with E-state index in [4.69, 9.17) is 11.1 Å². The number of nitrogens with one attached hydrogen (secondary N) is 1. The first-order valence-corrected chi connectivity index (χ1v) is 6.54. The predicted molar refractivity (Wildman–Crippen MR) is 72.1 cm³/mol. The Kier molecular flexibility index (Phi) is 2.91. The molecule has 0 amide bonds. The molecule has 0 spiro atoms. The van der Waals surface area contributed by atoms with Gasteiger partial charge in [-0.1, -0.05) is 0 Å². The van der Waals surface area contributed by atoms with Crippen LogP contribution in [-0.4, -0.2) is 47.9 Å². The lowest BCUT2D eigenvalue weighted by atomic mass is 10.2. The molecule has 5 heteroatoms. The third-order valence-corrected chi connectivity index (χ3v) is 3.76. The van der Waals surface area contributed by atoms with Crippen molar-refractivity contribution in [1.29, 1.82) is 5.41 Å². The highest BCUT2D eigenvalue weighted by atomic mass is 15.3. The molecule has 0 bridgehead atoms. The minimum Gasteiger partial charge on any atom is -0.382 e. The molecule has 1 saturated carbocycles. The van der Waals surface area contributed by atoms with E-state index in [0.29, 0.717) is 5.69 Å². The average Bonchev–Trinajstić information content (AvgIpc) is 3.23. The summed E-state index contributed by atoms with van der Waals surface area (Å²) in [7, 11) is 0. The van der Waals surface area contributed by atoms with Crippen molar-refractivity contribution in [3.63, 3.8) is 0 Å². The van der Waals surface area contributed by atoms with Crippen molar-refractivity contribution in [2.24, 2.45) is 5.73 Å². The summed E-state index contributed by atoms with van der Waals surface area (Å²) in [6.07, 6.45) is 4.43. The van der Waals surface area contributed by atoms with Crippen molar-refractivity contribution < 1.29 is 0 Å². The predicted octanol–water partition coefficient (Wildman–Crippen LogP) is 0.650. The van der Waals surface area contributed by atoms with Crippen molar-refractivity contribution in [3.05, 3.63) is 24.0 Å². The zero-order chi connectivity index (χ0) is 12.5. The van der Waals surface area contributed by atoms with Gasteiger partial charge in [-0.2, -0.15) is 0 Å². The first-order valence-electron chi connectivity index (χ1n) is 6.54. The number of nitrogens with zero attached hydrogens (tertiary/aromatic N) is 3. The molecule has 2 aliphatic rings. The van der Waals surface area contributed by atoms with E-state index in [2.05, 4.69) is 14.8 Å². The molecule has 2 heterocycles. The molecule has 1 aliphatic carbocycles. The van der Waals surface area contributed by atoms with Gasteiger partial charge in [-0.3, -0.25) is 15.3 Å². The van der Waals surface area contributed by atoms with Gasteiger partial charge in [0.25, 0.3) is 0 Å². The molecule has 5 nitrogen and oxygen atoms in total. The lowest BCUT2D eigenvalue weighted by Gasteiger charge is -2.36. The molecule has 0 radical (unpaired) electrons. The standard InChI is InChI=1S/C13H19N5/c14-13(15)12-11(2-1-5-16-12)18-8-6-17(7-9-18)10-3-4-10/h1-2,5,10H,3-4,6-9H2,(H3,14,15). The van der Waals surface area contributed by atoms with Gasteiger partial charge in [0.05, 0.1) is 5.69 Å². The summed E-state index contributed by atoms with van der Waals surface area (Å²) >= 11 is 0. The Hall–Kier alpha value is -1.62. The Labute approximate surface area is 107 Å². The van der Waals surface area contributed by atoms with E-state index >= 15 is 0 Å². The van der Waals surface area contributed by atoms with Crippen molar-refractivity contribution in [2.45, 2.75) is 18.9 Å². The maximum Gasteiger partial charge on any atom is 0.143 e. The number of nitrogens with two attached hydrogens (primary N) is 1. The minimum absolute atomic E-state index is 0.0511. The number of anilines is 1. The maximum absolute atomic E-state index is 7.59. The van der Waals surface area contributed by atoms with Crippen molar-refractivity contribution >= 4 is 11.5 Å². The van der Waals surface area contributed by atoms with Crippen LogP contribution in [0.25, 0.3) is 0 Å². The number of hydrogen-bond donors (Lipinski definition) is 2. The van der Waals surface area contributed by atoms with E-state index in [-0.39, 0.29) is 5.84 Å². The van der Waals surface area contributed by atoms with E-state index in [1.165, 1.54) is 12.8 Å². The van der Waals surface area contributed by atoms with Crippen LogP contribution in [0.1, 0.15) is 18.5 Å². The molecular formula is C13H19N5. The van der Waals surface area contributed by atoms with Crippen LogP contribution in [0.5, 0.6) is 0 Å². The Balaban J connectivity index is 1.73. The highest BCUT2D eigenvalue weighted by molar-refractivity contribution is 5.98. The van der Waals surface area contributed by atoms with Crippen LogP contribution in [0, 0.1) is 5.41 Å². The molecular weight excluding hydrogens is 226 g/mol. The number of nitrogen functional groups attached to an aromatic ring is 1. The summed E-state index contributed by atoms with van der Waals surface area (Å²) in [6, 6.07) is 4.76. The Morgan fingerprint density at radius 2 is 2.00 bits per heavy atom. The van der Waals surface area contributed by atoms with Crippen LogP contribution in [0.3, 0.4) is 0 Å². The molecule has 0 atom stereocenters. The summed E-state index contributed by atoms with van der Waals surface area (Å²) < 4.78 is 0. The fourth-order valence-corrected chi connectivity index (χ4v) is 2.63. The first-order chi connectivity index (χ1) is 8.75. The van der Waals surface area contributed by atoms with Crippen molar-refractivity contribution in [3.8, 4) is 0 Å². The van der Waals surface area contributed by atoms with Gasteiger partial charge >= 0.3 is 0 Å². The molecule has 2 fully saturated rings. The second-order valence-electron chi connectivity index (χ2n) is 5.04. The molecule has 0 aromatic carbocycles. The number of aromatic nitrogens is 1. The topological polar surface area (TPSA) is 69.2 Å². The SMILES string of the molecule is N=C(N)c1ncccc1N1CCN(C2CC2)CC1. The molecule has 1 aromatic rings. The van der Waals surface area contributed by atoms with Gasteiger partial charge in [-0.05, 0) is 25.0 Å². The van der Waals surface area contributed by atoms with Crippen molar-refractivity contribution in [2.75, 3.05) is 31.1 Å². The Morgan fingerprint density at radius 3 is 2.61 bits per heavy atom. The third-order valence-electron chi connectivity index (χ3n) is 3.76. The number of pyridine rings is 1. The van der Waals surface area contributed by atoms with E-state index in [1.807, 2.05) is 12.1 Å². The summed E-state index contributed by atoms with van der Waals surface area (Å²) in [6.45, 7) is 4.22. The largest absolute Gasteiger partial charge is 0.382 e. The van der Waals surface area contributed by atoms with Gasteiger partial charge in [-0.15, -0.1) is 0 Å². The van der Waals surface area contributed by atoms with Gasteiger partial charge < -0.3 is 10.6 Å². The second-order valence-corrected chi connectivity index (χ2v) is 5.04. The fourth-order valence-electron chi connectivity index (χ4n) is 2.63. The molecule has 3 N–H and O–H groups in total. The molecule has 1 saturated heterocycles. The number of rotatable bonds is 3. The van der Waals surface area contributed by atoms with E-state index in [1.54, 1.807) is 6.20 Å². The molecule has 3 rings (SSSR count). The second kappa shape index (κ2) is 4.57. The maximum atomic E-state index is 7.59. The lowest BCUT2D eigenvalue weighted by Crippen LogP contribution is -2.47. The zero-order valence-electron chi connectivity index (χ0n) is 10.5. The van der Waals surface area contributed by atoms with Crippen LogP contribution < -0.4 is 10.6 Å². The average molecular weight is 245 g/mol. The number of piperazine rings is 1. The minimum atomic E-state index is 0.0511. The molecule has 1 aromatic heterocycles. The van der Waals surface area contributed by atoms with Crippen LogP contribution in [0.2, 0.25) is 0 Å². The summed E-state index contributed by atoms with van der Waals surface area (Å²) in [5, 5.41) is 7.59. The number of amidine groups is 1. The van der Waals surface area contributed by atoms with E-state index in [0.717, 1.165) is 37.9 Å². The van der Waals surface area contributed by atoms with Gasteiger partial charge in [0, 0.05) is 38.4 Å². The Bertz CT molecular complexity index is 446. The van der Waals surface area contributed by atoms with Gasteiger partial charge in [-0.25, -0.2) is 0 Å². The molecule has 96 valence electrons. The zero-order valence-corrected chi connectivity index (χ0v) is 10.5. The van der Waals surface area contributed by atoms with Crippen LogP contribution in [0.4, 0.5) is 5.69 Å². The van der Waals surface area contributed by atoms with Gasteiger partial charge in [0.15, 0.2) is 0 Å². The van der Waals surface area contributed by atoms with Gasteiger partial charge in [0.1, 0.15) is 11.5 Å². The highest BCUT2D eigenvalue weighted by Crippen LogP contribution is 2.28. The normalized spacial score (nSPS) is 21.0. The van der Waals surface area contributed by atoms with E-state index < -0.39 is 0 Å². The van der Waals surface area contributed by atoms with Crippen LogP contribution in [-0.2, 0) is 0 Å². The summed E-state index contributed by atoms with van der Waals surface area (Å²) in [5.74, 6) is 0.0511. The smallest absolute Gasteiger partial charge is 0.143 e. The Morgan fingerprint density at radius 1 is 1.28 bits per heavy atom. The van der Waals surface area contributed by atoms with Crippen molar-refractivity contribution in [1.82, 2.24) is 9.88 Å². The van der Waals surface area contributed by atoms with Gasteiger partial charge in [0.2, 0.25) is 0 Å². The molecule has 0 unspecified atom stereocenters. The molecule has 18 heavy (non-hydrogen) atoms. The fraction of sp³-hybridized carbons (Fsp3) is 0.538.